The van der Waals surface area contributed by atoms with Crippen LogP contribution in [0.1, 0.15) is 58.4 Å². The lowest BCUT2D eigenvalue weighted by atomic mass is 9.87. The van der Waals surface area contributed by atoms with Crippen molar-refractivity contribution < 1.29 is 8.78 Å². The number of benzene rings is 1. The standard InChI is InChI=1S/C18H29F2N/c1-4-7-8-15(6-3)18(21-11-5-2)13-14-9-10-16(19)17(20)12-14/h9-10,12,15,18,21H,4-8,11,13H2,1-3H3. The molecule has 1 aromatic carbocycles. The van der Waals surface area contributed by atoms with Crippen LogP contribution in [0.15, 0.2) is 18.2 Å². The lowest BCUT2D eigenvalue weighted by Gasteiger charge is -2.28. The van der Waals surface area contributed by atoms with E-state index in [-0.39, 0.29) is 0 Å². The van der Waals surface area contributed by atoms with Gasteiger partial charge in [-0.1, -0.05) is 46.1 Å². The van der Waals surface area contributed by atoms with Crippen molar-refractivity contribution in [3.05, 3.63) is 35.4 Å². The van der Waals surface area contributed by atoms with E-state index in [9.17, 15) is 8.78 Å². The van der Waals surface area contributed by atoms with Crippen LogP contribution in [0, 0.1) is 17.6 Å². The summed E-state index contributed by atoms with van der Waals surface area (Å²) in [5, 5.41) is 3.60. The third-order valence-electron chi connectivity index (χ3n) is 4.12. The molecule has 0 aliphatic rings. The van der Waals surface area contributed by atoms with Gasteiger partial charge >= 0.3 is 0 Å². The van der Waals surface area contributed by atoms with Gasteiger partial charge in [0.2, 0.25) is 0 Å². The summed E-state index contributed by atoms with van der Waals surface area (Å²) in [6, 6.07) is 4.61. The first-order valence-corrected chi connectivity index (χ1v) is 8.29. The first kappa shape index (κ1) is 18.1. The van der Waals surface area contributed by atoms with Crippen molar-refractivity contribution in [2.24, 2.45) is 5.92 Å². The van der Waals surface area contributed by atoms with Gasteiger partial charge in [0.1, 0.15) is 0 Å². The predicted molar refractivity (Wildman–Crippen MR) is 85.4 cm³/mol. The van der Waals surface area contributed by atoms with Crippen molar-refractivity contribution in [1.82, 2.24) is 5.32 Å². The number of rotatable bonds is 10. The second-order valence-corrected chi connectivity index (χ2v) is 5.82. The molecule has 0 bridgehead atoms. The number of halogens is 2. The summed E-state index contributed by atoms with van der Waals surface area (Å²) in [7, 11) is 0. The van der Waals surface area contributed by atoms with Gasteiger partial charge in [0.15, 0.2) is 11.6 Å². The van der Waals surface area contributed by atoms with E-state index in [4.69, 9.17) is 0 Å². The van der Waals surface area contributed by atoms with Gasteiger partial charge in [0.25, 0.3) is 0 Å². The Morgan fingerprint density at radius 1 is 1.05 bits per heavy atom. The van der Waals surface area contributed by atoms with Gasteiger partial charge < -0.3 is 5.32 Å². The highest BCUT2D eigenvalue weighted by Crippen LogP contribution is 2.21. The molecule has 0 aliphatic carbocycles. The van der Waals surface area contributed by atoms with Crippen molar-refractivity contribution in [2.75, 3.05) is 6.54 Å². The molecule has 0 heterocycles. The smallest absolute Gasteiger partial charge is 0.159 e. The Kier molecular flexibility index (Phi) is 8.51. The van der Waals surface area contributed by atoms with Crippen molar-refractivity contribution in [3.63, 3.8) is 0 Å². The summed E-state index contributed by atoms with van der Waals surface area (Å²) in [5.74, 6) is -0.928. The number of hydrogen-bond donors (Lipinski definition) is 1. The van der Waals surface area contributed by atoms with E-state index in [1.807, 2.05) is 0 Å². The lowest BCUT2D eigenvalue weighted by molar-refractivity contribution is 0.315. The fourth-order valence-electron chi connectivity index (χ4n) is 2.81. The maximum absolute atomic E-state index is 13.4. The van der Waals surface area contributed by atoms with Crippen molar-refractivity contribution in [2.45, 2.75) is 65.3 Å². The maximum atomic E-state index is 13.4. The molecule has 0 saturated heterocycles. The van der Waals surface area contributed by atoms with E-state index in [2.05, 4.69) is 26.1 Å². The molecule has 1 nitrogen and oxygen atoms in total. The number of hydrogen-bond acceptors (Lipinski definition) is 1. The molecule has 3 heteroatoms. The first-order chi connectivity index (χ1) is 10.1. The molecule has 2 unspecified atom stereocenters. The molecule has 0 amide bonds. The molecule has 2 atom stereocenters. The zero-order valence-electron chi connectivity index (χ0n) is 13.6. The highest BCUT2D eigenvalue weighted by Gasteiger charge is 2.19. The van der Waals surface area contributed by atoms with Gasteiger partial charge in [0, 0.05) is 6.04 Å². The SMILES string of the molecule is CCCCC(CC)C(Cc1ccc(F)c(F)c1)NCCC. The average Bonchev–Trinajstić information content (AvgIpc) is 2.48. The third-order valence-corrected chi connectivity index (χ3v) is 4.12. The summed E-state index contributed by atoms with van der Waals surface area (Å²) in [6.45, 7) is 7.54. The minimum atomic E-state index is -0.769. The number of nitrogens with one attached hydrogen (secondary N) is 1. The topological polar surface area (TPSA) is 12.0 Å². The Bertz CT molecular complexity index is 406. The first-order valence-electron chi connectivity index (χ1n) is 8.29. The summed E-state index contributed by atoms with van der Waals surface area (Å²) < 4.78 is 26.4. The summed E-state index contributed by atoms with van der Waals surface area (Å²) in [6.07, 6.45) is 6.57. The number of unbranched alkanes of at least 4 members (excludes halogenated alkanes) is 1. The van der Waals surface area contributed by atoms with Crippen LogP contribution in [-0.2, 0) is 6.42 Å². The maximum Gasteiger partial charge on any atom is 0.159 e. The van der Waals surface area contributed by atoms with Crippen LogP contribution in [0.4, 0.5) is 8.78 Å². The van der Waals surface area contributed by atoms with Gasteiger partial charge in [0.05, 0.1) is 0 Å². The molecule has 21 heavy (non-hydrogen) atoms. The highest BCUT2D eigenvalue weighted by atomic mass is 19.2. The van der Waals surface area contributed by atoms with E-state index in [0.29, 0.717) is 12.0 Å². The minimum absolute atomic E-state index is 0.339. The second kappa shape index (κ2) is 9.88. The quantitative estimate of drug-likeness (QED) is 0.634. The Labute approximate surface area is 128 Å². The fourth-order valence-corrected chi connectivity index (χ4v) is 2.81. The molecular formula is C18H29F2N. The molecule has 0 aromatic heterocycles. The van der Waals surface area contributed by atoms with Gasteiger partial charge in [-0.05, 0) is 49.4 Å². The molecular weight excluding hydrogens is 268 g/mol. The molecule has 1 rings (SSSR count). The summed E-state index contributed by atoms with van der Waals surface area (Å²) in [4.78, 5) is 0. The average molecular weight is 297 g/mol. The molecule has 1 aromatic rings. The Morgan fingerprint density at radius 3 is 2.38 bits per heavy atom. The highest BCUT2D eigenvalue weighted by molar-refractivity contribution is 5.19. The molecule has 0 spiro atoms. The van der Waals surface area contributed by atoms with E-state index in [1.54, 1.807) is 6.07 Å². The van der Waals surface area contributed by atoms with Crippen LogP contribution in [0.2, 0.25) is 0 Å². The minimum Gasteiger partial charge on any atom is -0.313 e. The fraction of sp³-hybridized carbons (Fsp3) is 0.667. The van der Waals surface area contributed by atoms with Crippen LogP contribution in [0.5, 0.6) is 0 Å². The molecule has 0 aliphatic heterocycles. The van der Waals surface area contributed by atoms with E-state index in [0.717, 1.165) is 31.4 Å². The third kappa shape index (κ3) is 6.13. The van der Waals surface area contributed by atoms with Gasteiger partial charge in [-0.2, -0.15) is 0 Å². The molecule has 1 N–H and O–H groups in total. The molecule has 120 valence electrons. The Hall–Kier alpha value is -0.960. The molecule has 0 fully saturated rings. The van der Waals surface area contributed by atoms with Crippen LogP contribution in [0.3, 0.4) is 0 Å². The van der Waals surface area contributed by atoms with E-state index in [1.165, 1.54) is 31.4 Å². The van der Waals surface area contributed by atoms with Crippen LogP contribution >= 0.6 is 0 Å². The van der Waals surface area contributed by atoms with Crippen LogP contribution in [-0.4, -0.2) is 12.6 Å². The van der Waals surface area contributed by atoms with Crippen LogP contribution in [0.25, 0.3) is 0 Å². The van der Waals surface area contributed by atoms with Crippen LogP contribution < -0.4 is 5.32 Å². The van der Waals surface area contributed by atoms with Gasteiger partial charge in [-0.3, -0.25) is 0 Å². The van der Waals surface area contributed by atoms with Crippen molar-refractivity contribution >= 4 is 0 Å². The Balaban J connectivity index is 2.77. The lowest BCUT2D eigenvalue weighted by Crippen LogP contribution is -2.38. The van der Waals surface area contributed by atoms with Crippen molar-refractivity contribution in [3.8, 4) is 0 Å². The predicted octanol–water partition coefficient (Wildman–Crippen LogP) is 5.09. The molecule has 0 saturated carbocycles. The largest absolute Gasteiger partial charge is 0.313 e. The van der Waals surface area contributed by atoms with E-state index >= 15 is 0 Å². The monoisotopic (exact) mass is 297 g/mol. The van der Waals surface area contributed by atoms with Gasteiger partial charge in [-0.15, -0.1) is 0 Å². The normalized spacial score (nSPS) is 14.1. The summed E-state index contributed by atoms with van der Waals surface area (Å²) >= 11 is 0. The molecule has 0 radical (unpaired) electrons. The van der Waals surface area contributed by atoms with E-state index < -0.39 is 11.6 Å². The van der Waals surface area contributed by atoms with Gasteiger partial charge in [-0.25, -0.2) is 8.78 Å². The zero-order valence-corrected chi connectivity index (χ0v) is 13.6. The van der Waals surface area contributed by atoms with Crippen molar-refractivity contribution in [1.29, 1.82) is 0 Å². The second-order valence-electron chi connectivity index (χ2n) is 5.82. The Morgan fingerprint density at radius 2 is 1.81 bits per heavy atom. The zero-order chi connectivity index (χ0) is 15.7. The summed E-state index contributed by atoms with van der Waals surface area (Å²) in [5.41, 5.74) is 0.873.